The van der Waals surface area contributed by atoms with E-state index in [4.69, 9.17) is 14.6 Å². The van der Waals surface area contributed by atoms with Crippen molar-refractivity contribution in [3.63, 3.8) is 0 Å². The van der Waals surface area contributed by atoms with Gasteiger partial charge >= 0.3 is 5.97 Å². The predicted octanol–water partition coefficient (Wildman–Crippen LogP) is 0.0747. The van der Waals surface area contributed by atoms with Crippen molar-refractivity contribution in [3.8, 4) is 5.75 Å². The second kappa shape index (κ2) is 7.07. The van der Waals surface area contributed by atoms with Gasteiger partial charge in [-0.15, -0.1) is 0 Å². The molecule has 2 N–H and O–H groups in total. The molecule has 0 unspecified atom stereocenters. The molecule has 0 amide bonds. The van der Waals surface area contributed by atoms with Crippen LogP contribution in [-0.4, -0.2) is 46.4 Å². The van der Waals surface area contributed by atoms with E-state index in [9.17, 15) is 13.2 Å². The van der Waals surface area contributed by atoms with Crippen LogP contribution < -0.4 is 9.46 Å². The molecule has 0 heterocycles. The highest BCUT2D eigenvalue weighted by Crippen LogP contribution is 2.15. The molecule has 0 spiro atoms. The number of nitrogens with one attached hydrogen (secondary N) is 1. The summed E-state index contributed by atoms with van der Waals surface area (Å²) in [5, 5.41) is 8.43. The Morgan fingerprint density at radius 1 is 1.26 bits per heavy atom. The van der Waals surface area contributed by atoms with Crippen LogP contribution in [0.25, 0.3) is 0 Å². The number of carbonyl (C=O) groups is 1. The number of carboxylic acids is 1. The fourth-order valence-corrected chi connectivity index (χ4v) is 2.17. The van der Waals surface area contributed by atoms with Gasteiger partial charge in [0.25, 0.3) is 0 Å². The fourth-order valence-electron chi connectivity index (χ4n) is 1.20. The highest BCUT2D eigenvalue weighted by Gasteiger charge is 2.14. The molecule has 0 radical (unpaired) electrons. The molecule has 106 valence electrons. The summed E-state index contributed by atoms with van der Waals surface area (Å²) in [6.07, 6.45) is 0. The number of aliphatic carboxylic acids is 1. The summed E-state index contributed by atoms with van der Waals surface area (Å²) in [6, 6.07) is 5.66. The van der Waals surface area contributed by atoms with Gasteiger partial charge in [-0.05, 0) is 24.3 Å². The molecule has 1 aromatic carbocycles. The minimum absolute atomic E-state index is 0.0205. The van der Waals surface area contributed by atoms with Gasteiger partial charge < -0.3 is 14.6 Å². The summed E-state index contributed by atoms with van der Waals surface area (Å²) in [5.74, 6) is -0.739. The monoisotopic (exact) mass is 289 g/mol. The fraction of sp³-hybridized carbons (Fsp3) is 0.364. The third kappa shape index (κ3) is 5.25. The molecule has 1 rings (SSSR count). The van der Waals surface area contributed by atoms with E-state index >= 15 is 0 Å². The number of rotatable bonds is 8. The van der Waals surface area contributed by atoms with Crippen LogP contribution in [0.1, 0.15) is 0 Å². The lowest BCUT2D eigenvalue weighted by Gasteiger charge is -2.07. The lowest BCUT2D eigenvalue weighted by molar-refractivity contribution is -0.135. The Bertz CT molecular complexity index is 510. The summed E-state index contributed by atoms with van der Waals surface area (Å²) < 4.78 is 35.4. The quantitative estimate of drug-likeness (QED) is 0.657. The van der Waals surface area contributed by atoms with E-state index < -0.39 is 22.5 Å². The molecule has 0 bridgehead atoms. The first kappa shape index (κ1) is 15.4. The van der Waals surface area contributed by atoms with Gasteiger partial charge in [0.15, 0.2) is 0 Å². The molecule has 0 aliphatic heterocycles. The van der Waals surface area contributed by atoms with Gasteiger partial charge in [-0.2, -0.15) is 4.72 Å². The van der Waals surface area contributed by atoms with Crippen LogP contribution in [0.2, 0.25) is 0 Å². The van der Waals surface area contributed by atoms with Crippen LogP contribution in [0.4, 0.5) is 0 Å². The SMILES string of the molecule is COCCOc1ccc(S(=O)(=O)NCC(=O)O)cc1. The first-order valence-corrected chi connectivity index (χ1v) is 6.87. The molecule has 1 aromatic rings. The molecule has 0 fully saturated rings. The number of hydrogen-bond acceptors (Lipinski definition) is 5. The Morgan fingerprint density at radius 2 is 1.89 bits per heavy atom. The average Bonchev–Trinajstić information content (AvgIpc) is 2.37. The molecule has 19 heavy (non-hydrogen) atoms. The third-order valence-corrected chi connectivity index (χ3v) is 3.52. The Morgan fingerprint density at radius 3 is 2.42 bits per heavy atom. The van der Waals surface area contributed by atoms with Gasteiger partial charge in [-0.1, -0.05) is 0 Å². The van der Waals surface area contributed by atoms with Crippen molar-refractivity contribution in [2.45, 2.75) is 4.90 Å². The van der Waals surface area contributed by atoms with E-state index in [0.717, 1.165) is 0 Å². The number of carboxylic acid groups (broad SMARTS) is 1. The first-order chi connectivity index (χ1) is 8.95. The molecule has 7 nitrogen and oxygen atoms in total. The average molecular weight is 289 g/mol. The first-order valence-electron chi connectivity index (χ1n) is 5.39. The Kier molecular flexibility index (Phi) is 5.74. The van der Waals surface area contributed by atoms with E-state index in [1.807, 2.05) is 4.72 Å². The highest BCUT2D eigenvalue weighted by molar-refractivity contribution is 7.89. The van der Waals surface area contributed by atoms with Crippen molar-refractivity contribution in [2.75, 3.05) is 26.9 Å². The van der Waals surface area contributed by atoms with Crippen LogP contribution in [-0.2, 0) is 19.6 Å². The summed E-state index contributed by atoms with van der Waals surface area (Å²) in [7, 11) is -2.26. The smallest absolute Gasteiger partial charge is 0.318 e. The van der Waals surface area contributed by atoms with E-state index in [2.05, 4.69) is 0 Å². The van der Waals surface area contributed by atoms with Crippen LogP contribution in [0.3, 0.4) is 0 Å². The zero-order valence-electron chi connectivity index (χ0n) is 10.3. The van der Waals surface area contributed by atoms with Crippen molar-refractivity contribution in [1.82, 2.24) is 4.72 Å². The topological polar surface area (TPSA) is 102 Å². The van der Waals surface area contributed by atoms with Gasteiger partial charge in [0.1, 0.15) is 18.9 Å². The van der Waals surface area contributed by atoms with Crippen molar-refractivity contribution in [3.05, 3.63) is 24.3 Å². The van der Waals surface area contributed by atoms with E-state index in [1.54, 1.807) is 7.11 Å². The molecule has 0 saturated carbocycles. The molecule has 0 aromatic heterocycles. The zero-order chi connectivity index (χ0) is 14.3. The van der Waals surface area contributed by atoms with E-state index in [-0.39, 0.29) is 4.90 Å². The summed E-state index contributed by atoms with van der Waals surface area (Å²) in [4.78, 5) is 10.3. The maximum absolute atomic E-state index is 11.7. The molecule has 8 heteroatoms. The lowest BCUT2D eigenvalue weighted by atomic mass is 10.3. The van der Waals surface area contributed by atoms with Crippen LogP contribution in [0, 0.1) is 0 Å². The summed E-state index contributed by atoms with van der Waals surface area (Å²) in [6.45, 7) is 0.133. The summed E-state index contributed by atoms with van der Waals surface area (Å²) >= 11 is 0. The van der Waals surface area contributed by atoms with Crippen molar-refractivity contribution >= 4 is 16.0 Å². The number of benzene rings is 1. The molecule has 0 aliphatic carbocycles. The maximum Gasteiger partial charge on any atom is 0.318 e. The Labute approximate surface area is 111 Å². The lowest BCUT2D eigenvalue weighted by Crippen LogP contribution is -2.29. The van der Waals surface area contributed by atoms with Gasteiger partial charge in [0, 0.05) is 7.11 Å². The Balaban J connectivity index is 2.67. The number of hydrogen-bond donors (Lipinski definition) is 2. The van der Waals surface area contributed by atoms with Gasteiger partial charge in [-0.25, -0.2) is 8.42 Å². The number of methoxy groups -OCH3 is 1. The second-order valence-corrected chi connectivity index (χ2v) is 5.30. The second-order valence-electron chi connectivity index (χ2n) is 3.53. The van der Waals surface area contributed by atoms with Crippen molar-refractivity contribution < 1.29 is 27.8 Å². The van der Waals surface area contributed by atoms with Gasteiger partial charge in [0.2, 0.25) is 10.0 Å². The van der Waals surface area contributed by atoms with Crippen molar-refractivity contribution in [2.24, 2.45) is 0 Å². The molecule has 0 atom stereocenters. The number of ether oxygens (including phenoxy) is 2. The van der Waals surface area contributed by atoms with Crippen molar-refractivity contribution in [1.29, 1.82) is 0 Å². The zero-order valence-corrected chi connectivity index (χ0v) is 11.1. The van der Waals surface area contributed by atoms with E-state index in [0.29, 0.717) is 19.0 Å². The van der Waals surface area contributed by atoms with Gasteiger partial charge in [-0.3, -0.25) is 4.79 Å². The Hall–Kier alpha value is -1.64. The summed E-state index contributed by atoms with van der Waals surface area (Å²) in [5.41, 5.74) is 0. The molecule has 0 saturated heterocycles. The molecular formula is C11H15NO6S. The predicted molar refractivity (Wildman–Crippen MR) is 66.6 cm³/mol. The highest BCUT2D eigenvalue weighted by atomic mass is 32.2. The van der Waals surface area contributed by atoms with Crippen LogP contribution in [0.15, 0.2) is 29.2 Å². The van der Waals surface area contributed by atoms with Gasteiger partial charge in [0.05, 0.1) is 11.5 Å². The minimum Gasteiger partial charge on any atom is -0.491 e. The van der Waals surface area contributed by atoms with Crippen LogP contribution in [0.5, 0.6) is 5.75 Å². The maximum atomic E-state index is 11.7. The largest absolute Gasteiger partial charge is 0.491 e. The molecule has 0 aliphatic rings. The number of sulfonamides is 1. The standard InChI is InChI=1S/C11H15NO6S/c1-17-6-7-18-9-2-4-10(5-3-9)19(15,16)12-8-11(13)14/h2-5,12H,6-8H2,1H3,(H,13,14). The third-order valence-electron chi connectivity index (χ3n) is 2.10. The van der Waals surface area contributed by atoms with E-state index in [1.165, 1.54) is 24.3 Å². The van der Waals surface area contributed by atoms with Crippen LogP contribution >= 0.6 is 0 Å². The minimum atomic E-state index is -3.81. The normalized spacial score (nSPS) is 11.2. The molecular weight excluding hydrogens is 274 g/mol.